The van der Waals surface area contributed by atoms with Gasteiger partial charge in [0.1, 0.15) is 12.7 Å². The molecule has 0 amide bonds. The standard InChI is InChI=1S/C21H30O6S/c1-13-5-8-17-19(2,15(13)7-6-14-16(22)11-25-18(14)23)9-10-21(4)20(17,3)12-26-28(24)27-21/h6,15-17,22H,1,5,7-12H2,2-4H3/b14-6+/t15-,16-,17+,19+,20+,21-,28?/m1/s1. The first-order chi connectivity index (χ1) is 13.1. The molecule has 0 aromatic rings. The highest BCUT2D eigenvalue weighted by Crippen LogP contribution is 2.66. The summed E-state index contributed by atoms with van der Waals surface area (Å²) in [6, 6.07) is 0. The molecule has 4 fully saturated rings. The van der Waals surface area contributed by atoms with Gasteiger partial charge in [-0.05, 0) is 56.3 Å². The van der Waals surface area contributed by atoms with Crippen molar-refractivity contribution in [2.45, 2.75) is 64.6 Å². The van der Waals surface area contributed by atoms with Crippen LogP contribution in [0.4, 0.5) is 0 Å². The van der Waals surface area contributed by atoms with E-state index in [2.05, 4.69) is 27.4 Å². The lowest BCUT2D eigenvalue weighted by Gasteiger charge is -2.64. The van der Waals surface area contributed by atoms with Crippen LogP contribution in [0.2, 0.25) is 0 Å². The van der Waals surface area contributed by atoms with E-state index in [0.29, 0.717) is 24.5 Å². The molecule has 4 rings (SSSR count). The van der Waals surface area contributed by atoms with Gasteiger partial charge in [-0.25, -0.2) is 4.79 Å². The van der Waals surface area contributed by atoms with E-state index < -0.39 is 29.0 Å². The Morgan fingerprint density at radius 2 is 2.07 bits per heavy atom. The number of allylic oxidation sites excluding steroid dienone is 2. The first-order valence-electron chi connectivity index (χ1n) is 10.1. The van der Waals surface area contributed by atoms with Gasteiger partial charge in [0.2, 0.25) is 0 Å². The van der Waals surface area contributed by atoms with E-state index in [1.807, 2.05) is 6.08 Å². The fourth-order valence-electron chi connectivity index (χ4n) is 6.20. The van der Waals surface area contributed by atoms with E-state index in [4.69, 9.17) is 13.1 Å². The quantitative estimate of drug-likeness (QED) is 0.428. The van der Waals surface area contributed by atoms with Gasteiger partial charge in [0.15, 0.2) is 0 Å². The number of rotatable bonds is 2. The lowest BCUT2D eigenvalue weighted by Crippen LogP contribution is -2.65. The smallest absolute Gasteiger partial charge is 0.336 e. The number of esters is 1. The molecular formula is C21H30O6S. The van der Waals surface area contributed by atoms with Crippen LogP contribution in [0.25, 0.3) is 0 Å². The zero-order valence-electron chi connectivity index (χ0n) is 16.9. The number of fused-ring (bicyclic) bond motifs is 3. The SMILES string of the molecule is C=C1CC[C@H]2[C@@](C)(CC[C@@]3(C)OS(=O)OC[C@@]23C)[C@@H]1C/C=C1/C(=O)OC[C@H]1O. The van der Waals surface area contributed by atoms with Crippen LogP contribution < -0.4 is 0 Å². The average Bonchev–Trinajstić information content (AvgIpc) is 2.94. The topological polar surface area (TPSA) is 82.1 Å². The number of aliphatic hydroxyl groups is 1. The summed E-state index contributed by atoms with van der Waals surface area (Å²) in [6.07, 6.45) is 5.32. The van der Waals surface area contributed by atoms with Gasteiger partial charge in [0.25, 0.3) is 0 Å². The predicted molar refractivity (Wildman–Crippen MR) is 104 cm³/mol. The van der Waals surface area contributed by atoms with Crippen molar-refractivity contribution in [1.82, 2.24) is 0 Å². The highest BCUT2D eigenvalue weighted by molar-refractivity contribution is 7.75. The van der Waals surface area contributed by atoms with Gasteiger partial charge in [-0.2, -0.15) is 4.21 Å². The van der Waals surface area contributed by atoms with Crippen LogP contribution in [0.1, 0.15) is 52.9 Å². The van der Waals surface area contributed by atoms with Gasteiger partial charge in [-0.15, -0.1) is 0 Å². The highest BCUT2D eigenvalue weighted by Gasteiger charge is 2.65. The monoisotopic (exact) mass is 410 g/mol. The van der Waals surface area contributed by atoms with Crippen molar-refractivity contribution in [2.24, 2.45) is 22.7 Å². The number of cyclic esters (lactones) is 1. The molecule has 0 aromatic heterocycles. The van der Waals surface area contributed by atoms with Crippen LogP contribution in [-0.4, -0.2) is 40.2 Å². The summed E-state index contributed by atoms with van der Waals surface area (Å²) in [5.41, 5.74) is 0.814. The third-order valence-corrected chi connectivity index (χ3v) is 9.02. The van der Waals surface area contributed by atoms with Crippen molar-refractivity contribution >= 4 is 17.3 Å². The largest absolute Gasteiger partial charge is 0.459 e. The molecule has 2 aliphatic heterocycles. The summed E-state index contributed by atoms with van der Waals surface area (Å²) in [7, 11) is 0. The van der Waals surface area contributed by atoms with E-state index >= 15 is 0 Å². The molecule has 0 radical (unpaired) electrons. The minimum atomic E-state index is -1.68. The van der Waals surface area contributed by atoms with E-state index in [1.54, 1.807) is 0 Å². The van der Waals surface area contributed by atoms with E-state index in [9.17, 15) is 14.1 Å². The Kier molecular flexibility index (Phi) is 4.89. The Morgan fingerprint density at radius 1 is 1.32 bits per heavy atom. The van der Waals surface area contributed by atoms with E-state index in [1.165, 1.54) is 5.57 Å². The maximum absolute atomic E-state index is 11.9. The second-order valence-corrected chi connectivity index (χ2v) is 10.3. The summed E-state index contributed by atoms with van der Waals surface area (Å²) in [5, 5.41) is 10.0. The molecule has 4 aliphatic rings. The number of hydrogen-bond acceptors (Lipinski definition) is 6. The molecule has 2 aliphatic carbocycles. The Balaban J connectivity index is 1.65. The first-order valence-corrected chi connectivity index (χ1v) is 11.1. The van der Waals surface area contributed by atoms with Gasteiger partial charge in [0.05, 0.1) is 17.8 Å². The van der Waals surface area contributed by atoms with Crippen molar-refractivity contribution in [1.29, 1.82) is 0 Å². The van der Waals surface area contributed by atoms with Gasteiger partial charge >= 0.3 is 17.3 Å². The number of hydrogen-bond donors (Lipinski definition) is 1. The van der Waals surface area contributed by atoms with Crippen LogP contribution in [0.3, 0.4) is 0 Å². The maximum atomic E-state index is 11.9. The first kappa shape index (κ1) is 20.3. The molecule has 2 saturated heterocycles. The van der Waals surface area contributed by atoms with E-state index in [-0.39, 0.29) is 23.4 Å². The number of aliphatic hydroxyl groups excluding tert-OH is 1. The maximum Gasteiger partial charge on any atom is 0.336 e. The molecule has 0 bridgehead atoms. The average molecular weight is 411 g/mol. The van der Waals surface area contributed by atoms with Gasteiger partial charge in [0, 0.05) is 5.41 Å². The molecule has 28 heavy (non-hydrogen) atoms. The third kappa shape index (κ3) is 2.85. The van der Waals surface area contributed by atoms with Crippen LogP contribution in [0.15, 0.2) is 23.8 Å². The van der Waals surface area contributed by atoms with Crippen molar-refractivity contribution in [2.75, 3.05) is 13.2 Å². The Hall–Kier alpha value is -1.02. The van der Waals surface area contributed by atoms with Crippen LogP contribution in [0, 0.1) is 22.7 Å². The number of carbonyl (C=O) groups excluding carboxylic acids is 1. The van der Waals surface area contributed by atoms with Gasteiger partial charge in [-0.3, -0.25) is 8.37 Å². The molecule has 0 aromatic carbocycles. The number of carbonyl (C=O) groups is 1. The molecule has 7 atom stereocenters. The van der Waals surface area contributed by atoms with Crippen LogP contribution in [0.5, 0.6) is 0 Å². The molecule has 0 spiro atoms. The third-order valence-electron chi connectivity index (χ3n) is 8.20. The molecule has 1 unspecified atom stereocenters. The fraction of sp³-hybridized carbons (Fsp3) is 0.762. The zero-order valence-corrected chi connectivity index (χ0v) is 17.7. The van der Waals surface area contributed by atoms with Crippen LogP contribution in [-0.2, 0) is 29.3 Å². The predicted octanol–water partition coefficient (Wildman–Crippen LogP) is 2.99. The minimum Gasteiger partial charge on any atom is -0.459 e. The molecule has 2 saturated carbocycles. The lowest BCUT2D eigenvalue weighted by molar-refractivity contribution is -0.202. The van der Waals surface area contributed by atoms with Crippen LogP contribution >= 0.6 is 0 Å². The molecule has 7 heteroatoms. The summed E-state index contributed by atoms with van der Waals surface area (Å²) < 4.78 is 28.1. The molecular weight excluding hydrogens is 380 g/mol. The number of ether oxygens (including phenoxy) is 1. The summed E-state index contributed by atoms with van der Waals surface area (Å²) in [5.74, 6) is 0.105. The summed E-state index contributed by atoms with van der Waals surface area (Å²) >= 11 is -1.68. The minimum absolute atomic E-state index is 0.0281. The molecule has 156 valence electrons. The van der Waals surface area contributed by atoms with Gasteiger partial charge in [-0.1, -0.05) is 32.1 Å². The normalized spacial score (nSPS) is 50.2. The second-order valence-electron chi connectivity index (χ2n) is 9.52. The van der Waals surface area contributed by atoms with E-state index in [0.717, 1.165) is 25.7 Å². The fourth-order valence-corrected chi connectivity index (χ4v) is 7.16. The highest BCUT2D eigenvalue weighted by atomic mass is 32.2. The Morgan fingerprint density at radius 3 is 2.75 bits per heavy atom. The molecule has 2 heterocycles. The van der Waals surface area contributed by atoms with Crippen molar-refractivity contribution in [3.63, 3.8) is 0 Å². The van der Waals surface area contributed by atoms with Crippen molar-refractivity contribution < 1.29 is 27.2 Å². The molecule has 1 N–H and O–H groups in total. The van der Waals surface area contributed by atoms with Crippen molar-refractivity contribution in [3.8, 4) is 0 Å². The summed E-state index contributed by atoms with van der Waals surface area (Å²) in [6.45, 7) is 11.4. The van der Waals surface area contributed by atoms with Gasteiger partial charge < -0.3 is 9.84 Å². The Bertz CT molecular complexity index is 762. The Labute approximate surface area is 169 Å². The lowest BCUT2D eigenvalue weighted by atomic mass is 9.43. The summed E-state index contributed by atoms with van der Waals surface area (Å²) in [4.78, 5) is 11.9. The second kappa shape index (κ2) is 6.76. The van der Waals surface area contributed by atoms with Crippen molar-refractivity contribution in [3.05, 3.63) is 23.8 Å². The molecule has 6 nitrogen and oxygen atoms in total. The zero-order chi connectivity index (χ0) is 20.3.